The highest BCUT2D eigenvalue weighted by atomic mass is 79.9. The molecule has 4 rings (SSSR count). The number of hydrogen-bond acceptors (Lipinski definition) is 1. The predicted octanol–water partition coefficient (Wildman–Crippen LogP) is 13.2. The zero-order valence-electron chi connectivity index (χ0n) is 22.3. The first kappa shape index (κ1) is 37.0. The first-order valence-corrected chi connectivity index (χ1v) is 13.0. The molecule has 0 aliphatic heterocycles. The summed E-state index contributed by atoms with van der Waals surface area (Å²) in [6, 6.07) is -1.40. The summed E-state index contributed by atoms with van der Waals surface area (Å²) in [6.45, 7) is 0. The van der Waals surface area contributed by atoms with Crippen molar-refractivity contribution < 1.29 is 83.4 Å². The van der Waals surface area contributed by atoms with Crippen molar-refractivity contribution in [2.45, 2.75) is 37.1 Å². The molecule has 0 unspecified atom stereocenters. The molecule has 260 valence electrons. The van der Waals surface area contributed by atoms with E-state index >= 15 is 0 Å². The molecule has 1 aromatic heterocycles. The second-order valence-electron chi connectivity index (χ2n) is 9.83. The van der Waals surface area contributed by atoms with E-state index in [2.05, 4.69) is 15.9 Å². The molecule has 1 heterocycles. The Morgan fingerprint density at radius 3 is 0.812 bits per heavy atom. The van der Waals surface area contributed by atoms with Crippen molar-refractivity contribution in [1.29, 1.82) is 0 Å². The molecule has 0 bridgehead atoms. The lowest BCUT2D eigenvalue weighted by Crippen LogP contribution is -2.11. The van der Waals surface area contributed by atoms with Crippen LogP contribution in [0.1, 0.15) is 33.4 Å². The van der Waals surface area contributed by atoms with E-state index in [0.717, 1.165) is 0 Å². The Morgan fingerprint density at radius 1 is 0.333 bits per heavy atom. The lowest BCUT2D eigenvalue weighted by atomic mass is 9.95. The fourth-order valence-electron chi connectivity index (χ4n) is 4.33. The Labute approximate surface area is 262 Å². The van der Waals surface area contributed by atoms with E-state index in [4.69, 9.17) is 4.42 Å². The molecule has 0 spiro atoms. The highest BCUT2D eigenvalue weighted by molar-refractivity contribution is 9.10. The molecule has 4 aromatic rings. The van der Waals surface area contributed by atoms with Crippen molar-refractivity contribution in [3.8, 4) is 33.8 Å². The zero-order valence-corrected chi connectivity index (χ0v) is 23.9. The third-order valence-electron chi connectivity index (χ3n) is 6.43. The molecule has 48 heavy (non-hydrogen) atoms. The second-order valence-corrected chi connectivity index (χ2v) is 10.6. The van der Waals surface area contributed by atoms with E-state index in [1.807, 2.05) is 0 Å². The Balaban J connectivity index is 2.22. The normalized spacial score (nSPS) is 13.7. The quantitative estimate of drug-likeness (QED) is 0.189. The van der Waals surface area contributed by atoms with Crippen molar-refractivity contribution in [3.05, 3.63) is 92.5 Å². The zero-order chi connectivity index (χ0) is 36.6. The minimum atomic E-state index is -5.56. The van der Waals surface area contributed by atoms with Crippen molar-refractivity contribution >= 4 is 15.9 Å². The molecule has 0 saturated heterocycles. The maximum atomic E-state index is 13.7. The number of alkyl halides is 18. The van der Waals surface area contributed by atoms with Crippen LogP contribution in [0.5, 0.6) is 0 Å². The maximum Gasteiger partial charge on any atom is 0.416 e. The van der Waals surface area contributed by atoms with Crippen LogP contribution >= 0.6 is 15.9 Å². The van der Waals surface area contributed by atoms with Crippen molar-refractivity contribution in [3.63, 3.8) is 0 Å². The number of hydrogen-bond donors (Lipinski definition) is 0. The molecule has 0 aliphatic carbocycles. The molecule has 0 atom stereocenters. The summed E-state index contributed by atoms with van der Waals surface area (Å²) < 4.78 is 249. The van der Waals surface area contributed by atoms with Crippen molar-refractivity contribution in [2.24, 2.45) is 0 Å². The van der Waals surface area contributed by atoms with Crippen molar-refractivity contribution in [1.82, 2.24) is 0 Å². The second kappa shape index (κ2) is 11.6. The molecule has 0 N–H and O–H groups in total. The average Bonchev–Trinajstić information content (AvgIpc) is 3.26. The lowest BCUT2D eigenvalue weighted by molar-refractivity contribution is -0.144. The first-order valence-electron chi connectivity index (χ1n) is 12.2. The molecular formula is C28H9BrF18O. The Hall–Kier alpha value is -3.84. The molecule has 20 heteroatoms. The third-order valence-corrected chi connectivity index (χ3v) is 7.18. The minimum Gasteiger partial charge on any atom is -0.454 e. The van der Waals surface area contributed by atoms with Gasteiger partial charge in [-0.2, -0.15) is 79.0 Å². The van der Waals surface area contributed by atoms with Crippen LogP contribution < -0.4 is 0 Å². The minimum absolute atomic E-state index is 0.00699. The SMILES string of the molecule is FC(F)(F)c1cc(-c2oc(-c3cc(C(F)(F)F)cc(C(F)(F)F)c3)c(-c3cc(C(F)(F)F)cc(C(F)(F)F)c3)c2Br)cc(C(F)(F)F)c1. The van der Waals surface area contributed by atoms with Gasteiger partial charge in [-0.15, -0.1) is 0 Å². The summed E-state index contributed by atoms with van der Waals surface area (Å²) in [5.41, 5.74) is -17.2. The van der Waals surface area contributed by atoms with E-state index in [-0.39, 0.29) is 42.5 Å². The van der Waals surface area contributed by atoms with Gasteiger partial charge < -0.3 is 4.42 Å². The Kier molecular flexibility index (Phi) is 8.97. The van der Waals surface area contributed by atoms with E-state index in [9.17, 15) is 79.0 Å². The summed E-state index contributed by atoms with van der Waals surface area (Å²) in [7, 11) is 0. The fraction of sp³-hybridized carbons (Fsp3) is 0.214. The highest BCUT2D eigenvalue weighted by Crippen LogP contribution is 2.51. The van der Waals surface area contributed by atoms with Crippen molar-refractivity contribution in [2.75, 3.05) is 0 Å². The van der Waals surface area contributed by atoms with Gasteiger partial charge in [-0.3, -0.25) is 0 Å². The van der Waals surface area contributed by atoms with Gasteiger partial charge in [0.25, 0.3) is 0 Å². The van der Waals surface area contributed by atoms with Crippen LogP contribution in [0.2, 0.25) is 0 Å². The summed E-state index contributed by atoms with van der Waals surface area (Å²) in [4.78, 5) is 0. The number of halogens is 19. The highest BCUT2D eigenvalue weighted by Gasteiger charge is 2.41. The fourth-order valence-corrected chi connectivity index (χ4v) is 5.05. The molecule has 0 radical (unpaired) electrons. The molecule has 0 fully saturated rings. The number of rotatable bonds is 3. The van der Waals surface area contributed by atoms with Gasteiger partial charge in [0, 0.05) is 16.7 Å². The molecule has 0 saturated carbocycles. The Morgan fingerprint density at radius 2 is 0.562 bits per heavy atom. The summed E-state index contributed by atoms with van der Waals surface area (Å²) >= 11 is 2.63. The topological polar surface area (TPSA) is 13.1 Å². The molecule has 3 aromatic carbocycles. The summed E-state index contributed by atoms with van der Waals surface area (Å²) in [5, 5.41) is 0. The van der Waals surface area contributed by atoms with Gasteiger partial charge in [-0.25, -0.2) is 0 Å². The standard InChI is InChI=1S/C28H9BrF18O/c29-20-19(10-1-13(23(30,31)32)7-14(2-10)24(33,34)35)21(11-3-15(25(36,37)38)8-16(4-11)26(39,40)41)48-22(20)12-5-17(27(42,43)44)9-18(6-12)28(45,46)47/h1-9H. The van der Waals surface area contributed by atoms with Gasteiger partial charge in [0.05, 0.1) is 37.9 Å². The van der Waals surface area contributed by atoms with Crippen LogP contribution in [0.25, 0.3) is 33.8 Å². The average molecular weight is 783 g/mol. The van der Waals surface area contributed by atoms with Crippen LogP contribution in [-0.4, -0.2) is 0 Å². The smallest absolute Gasteiger partial charge is 0.416 e. The van der Waals surface area contributed by atoms with E-state index in [1.165, 1.54) is 0 Å². The van der Waals surface area contributed by atoms with E-state index in [0.29, 0.717) is 0 Å². The monoisotopic (exact) mass is 782 g/mol. The largest absolute Gasteiger partial charge is 0.454 e. The summed E-state index contributed by atoms with van der Waals surface area (Å²) in [5.74, 6) is -2.62. The van der Waals surface area contributed by atoms with Gasteiger partial charge in [-0.1, -0.05) is 0 Å². The lowest BCUT2D eigenvalue weighted by Gasteiger charge is -2.16. The van der Waals surface area contributed by atoms with Crippen LogP contribution in [0, 0.1) is 0 Å². The third kappa shape index (κ3) is 7.72. The van der Waals surface area contributed by atoms with Gasteiger partial charge in [-0.05, 0) is 76.1 Å². The summed E-state index contributed by atoms with van der Waals surface area (Å²) in [6.07, 6.45) is -33.3. The predicted molar refractivity (Wildman–Crippen MR) is 133 cm³/mol. The van der Waals surface area contributed by atoms with Crippen LogP contribution in [0.4, 0.5) is 79.0 Å². The number of furan rings is 1. The van der Waals surface area contributed by atoms with E-state index in [1.54, 1.807) is 0 Å². The van der Waals surface area contributed by atoms with Gasteiger partial charge in [0.15, 0.2) is 0 Å². The molecule has 0 amide bonds. The molecular weight excluding hydrogens is 774 g/mol. The number of benzene rings is 3. The van der Waals surface area contributed by atoms with E-state index < -0.39 is 121 Å². The van der Waals surface area contributed by atoms with Crippen LogP contribution in [0.3, 0.4) is 0 Å². The Bertz CT molecular complexity index is 1750. The van der Waals surface area contributed by atoms with Gasteiger partial charge >= 0.3 is 37.1 Å². The van der Waals surface area contributed by atoms with Gasteiger partial charge in [0.1, 0.15) is 11.5 Å². The van der Waals surface area contributed by atoms with Gasteiger partial charge in [0.2, 0.25) is 0 Å². The molecule has 0 aliphatic rings. The maximum absolute atomic E-state index is 13.7. The van der Waals surface area contributed by atoms with Crippen LogP contribution in [-0.2, 0) is 37.1 Å². The van der Waals surface area contributed by atoms with Crippen LogP contribution in [0.15, 0.2) is 63.5 Å². The molecule has 1 nitrogen and oxygen atoms in total. The first-order chi connectivity index (χ1) is 21.5.